The first-order valence-electron chi connectivity index (χ1n) is 6.90. The lowest BCUT2D eigenvalue weighted by molar-refractivity contribution is 0.0984. The monoisotopic (exact) mass is 266 g/mol. The van der Waals surface area contributed by atoms with Crippen LogP contribution in [0.25, 0.3) is 0 Å². The number of rotatable bonds is 1. The molecule has 0 radical (unpaired) electrons. The van der Waals surface area contributed by atoms with Crippen LogP contribution in [0, 0.1) is 6.92 Å². The number of carbonyl (C=O) groups is 1. The minimum absolute atomic E-state index is 0.0215. The van der Waals surface area contributed by atoms with Gasteiger partial charge in [0.15, 0.2) is 0 Å². The molecule has 1 amide bonds. The highest BCUT2D eigenvalue weighted by Gasteiger charge is 2.26. The number of nitrogens with two attached hydrogens (primary N) is 1. The van der Waals surface area contributed by atoms with E-state index < -0.39 is 0 Å². The number of hydrogen-bond acceptors (Lipinski definition) is 2. The van der Waals surface area contributed by atoms with Crippen LogP contribution in [0.2, 0.25) is 0 Å². The molecule has 102 valence electrons. The summed E-state index contributed by atoms with van der Waals surface area (Å²) in [5.74, 6) is 0.0457. The highest BCUT2D eigenvalue weighted by molar-refractivity contribution is 6.06. The van der Waals surface area contributed by atoms with Crippen molar-refractivity contribution in [3.05, 3.63) is 65.2 Å². The van der Waals surface area contributed by atoms with E-state index in [-0.39, 0.29) is 11.9 Å². The molecule has 3 heteroatoms. The minimum atomic E-state index is 0.0215. The number of carbonyl (C=O) groups excluding carboxylic acids is 1. The average Bonchev–Trinajstić information content (AvgIpc) is 2.48. The number of anilines is 1. The predicted molar refractivity (Wildman–Crippen MR) is 80.8 cm³/mol. The zero-order valence-corrected chi connectivity index (χ0v) is 11.5. The van der Waals surface area contributed by atoms with Crippen LogP contribution in [0.3, 0.4) is 0 Å². The van der Waals surface area contributed by atoms with Crippen LogP contribution in [0.1, 0.15) is 33.9 Å². The molecule has 1 atom stereocenters. The standard InChI is InChI=1S/C17H18N2O/c1-12-6-8-13(9-7-12)17(20)19-11-10-15(18)14-4-2-3-5-16(14)19/h2-9,15H,10-11,18H2,1H3. The molecule has 2 aromatic carbocycles. The molecule has 2 aromatic rings. The van der Waals surface area contributed by atoms with E-state index in [0.29, 0.717) is 6.54 Å². The third kappa shape index (κ3) is 2.21. The van der Waals surface area contributed by atoms with E-state index in [1.165, 1.54) is 0 Å². The maximum atomic E-state index is 12.7. The van der Waals surface area contributed by atoms with Gasteiger partial charge in [-0.3, -0.25) is 4.79 Å². The number of hydrogen-bond donors (Lipinski definition) is 1. The van der Waals surface area contributed by atoms with E-state index in [1.54, 1.807) is 0 Å². The summed E-state index contributed by atoms with van der Waals surface area (Å²) in [6.45, 7) is 2.69. The molecule has 0 aliphatic carbocycles. The second-order valence-electron chi connectivity index (χ2n) is 5.28. The second kappa shape index (κ2) is 5.10. The molecule has 1 aliphatic heterocycles. The Kier molecular flexibility index (Phi) is 3.28. The Bertz CT molecular complexity index is 634. The molecule has 1 unspecified atom stereocenters. The van der Waals surface area contributed by atoms with E-state index in [9.17, 15) is 4.79 Å². The van der Waals surface area contributed by atoms with Gasteiger partial charge in [-0.05, 0) is 37.1 Å². The molecule has 0 fully saturated rings. The quantitative estimate of drug-likeness (QED) is 0.862. The molecule has 3 rings (SSSR count). The first-order valence-corrected chi connectivity index (χ1v) is 6.90. The summed E-state index contributed by atoms with van der Waals surface area (Å²) >= 11 is 0. The van der Waals surface area contributed by atoms with Crippen LogP contribution in [-0.4, -0.2) is 12.5 Å². The third-order valence-corrected chi connectivity index (χ3v) is 3.83. The Morgan fingerprint density at radius 3 is 2.60 bits per heavy atom. The van der Waals surface area contributed by atoms with Crippen LogP contribution in [0.15, 0.2) is 48.5 Å². The molecule has 0 aromatic heterocycles. The molecule has 2 N–H and O–H groups in total. The molecule has 1 heterocycles. The molecule has 3 nitrogen and oxygen atoms in total. The molecule has 0 spiro atoms. The smallest absolute Gasteiger partial charge is 0.258 e. The van der Waals surface area contributed by atoms with Crippen molar-refractivity contribution >= 4 is 11.6 Å². The molecular weight excluding hydrogens is 248 g/mol. The molecule has 1 aliphatic rings. The summed E-state index contributed by atoms with van der Waals surface area (Å²) in [5.41, 5.74) is 10.0. The maximum absolute atomic E-state index is 12.7. The number of aryl methyl sites for hydroxylation is 1. The van der Waals surface area contributed by atoms with E-state index in [4.69, 9.17) is 5.73 Å². The van der Waals surface area contributed by atoms with E-state index in [0.717, 1.165) is 28.8 Å². The molecule has 20 heavy (non-hydrogen) atoms. The SMILES string of the molecule is Cc1ccc(C(=O)N2CCC(N)c3ccccc32)cc1. The number of para-hydroxylation sites is 1. The topological polar surface area (TPSA) is 46.3 Å². The molecule has 0 saturated carbocycles. The van der Waals surface area contributed by atoms with Gasteiger partial charge in [-0.2, -0.15) is 0 Å². The van der Waals surface area contributed by atoms with Crippen molar-refractivity contribution in [3.8, 4) is 0 Å². The summed E-state index contributed by atoms with van der Waals surface area (Å²) < 4.78 is 0. The van der Waals surface area contributed by atoms with Crippen LogP contribution in [0.4, 0.5) is 5.69 Å². The highest BCUT2D eigenvalue weighted by atomic mass is 16.2. The number of fused-ring (bicyclic) bond motifs is 1. The lowest BCUT2D eigenvalue weighted by Crippen LogP contribution is -2.38. The second-order valence-corrected chi connectivity index (χ2v) is 5.28. The lowest BCUT2D eigenvalue weighted by Gasteiger charge is -2.32. The van der Waals surface area contributed by atoms with Crippen molar-refractivity contribution in [2.24, 2.45) is 5.73 Å². The fourth-order valence-corrected chi connectivity index (χ4v) is 2.65. The zero-order chi connectivity index (χ0) is 14.1. The van der Waals surface area contributed by atoms with Crippen LogP contribution < -0.4 is 10.6 Å². The molecule has 0 saturated heterocycles. The van der Waals surface area contributed by atoms with Crippen molar-refractivity contribution < 1.29 is 4.79 Å². The number of benzene rings is 2. The first-order chi connectivity index (χ1) is 9.66. The predicted octanol–water partition coefficient (Wildman–Crippen LogP) is 3.05. The summed E-state index contributed by atoms with van der Waals surface area (Å²) in [6, 6.07) is 15.6. The van der Waals surface area contributed by atoms with Crippen molar-refractivity contribution in [1.29, 1.82) is 0 Å². The Labute approximate surface area is 119 Å². The van der Waals surface area contributed by atoms with Gasteiger partial charge >= 0.3 is 0 Å². The van der Waals surface area contributed by atoms with Gasteiger partial charge in [0.25, 0.3) is 5.91 Å². The van der Waals surface area contributed by atoms with E-state index in [2.05, 4.69) is 0 Å². The molecular formula is C17H18N2O. The van der Waals surface area contributed by atoms with Gasteiger partial charge < -0.3 is 10.6 Å². The minimum Gasteiger partial charge on any atom is -0.324 e. The first kappa shape index (κ1) is 12.9. The summed E-state index contributed by atoms with van der Waals surface area (Å²) in [5, 5.41) is 0. The summed E-state index contributed by atoms with van der Waals surface area (Å²) in [6.07, 6.45) is 0.800. The fraction of sp³-hybridized carbons (Fsp3) is 0.235. The van der Waals surface area contributed by atoms with E-state index in [1.807, 2.05) is 60.4 Å². The van der Waals surface area contributed by atoms with Crippen molar-refractivity contribution in [1.82, 2.24) is 0 Å². The highest BCUT2D eigenvalue weighted by Crippen LogP contribution is 2.32. The number of nitrogens with zero attached hydrogens (tertiary/aromatic N) is 1. The van der Waals surface area contributed by atoms with Gasteiger partial charge in [-0.15, -0.1) is 0 Å². The normalized spacial score (nSPS) is 17.7. The fourth-order valence-electron chi connectivity index (χ4n) is 2.65. The van der Waals surface area contributed by atoms with Gasteiger partial charge in [-0.1, -0.05) is 35.9 Å². The van der Waals surface area contributed by atoms with Crippen molar-refractivity contribution in [2.75, 3.05) is 11.4 Å². The average molecular weight is 266 g/mol. The lowest BCUT2D eigenvalue weighted by atomic mass is 9.96. The Morgan fingerprint density at radius 1 is 1.15 bits per heavy atom. The Hall–Kier alpha value is -2.13. The summed E-state index contributed by atoms with van der Waals surface area (Å²) in [7, 11) is 0. The third-order valence-electron chi connectivity index (χ3n) is 3.83. The Balaban J connectivity index is 1.97. The van der Waals surface area contributed by atoms with Gasteiger partial charge in [0, 0.05) is 23.8 Å². The van der Waals surface area contributed by atoms with Crippen molar-refractivity contribution in [3.63, 3.8) is 0 Å². The molecule has 0 bridgehead atoms. The largest absolute Gasteiger partial charge is 0.324 e. The zero-order valence-electron chi connectivity index (χ0n) is 11.5. The van der Waals surface area contributed by atoms with Gasteiger partial charge in [0.1, 0.15) is 0 Å². The number of amides is 1. The van der Waals surface area contributed by atoms with Crippen molar-refractivity contribution in [2.45, 2.75) is 19.4 Å². The maximum Gasteiger partial charge on any atom is 0.258 e. The summed E-state index contributed by atoms with van der Waals surface area (Å²) in [4.78, 5) is 14.5. The van der Waals surface area contributed by atoms with Crippen LogP contribution in [0.5, 0.6) is 0 Å². The van der Waals surface area contributed by atoms with Gasteiger partial charge in [-0.25, -0.2) is 0 Å². The van der Waals surface area contributed by atoms with Crippen LogP contribution in [-0.2, 0) is 0 Å². The van der Waals surface area contributed by atoms with Gasteiger partial charge in [0.05, 0.1) is 0 Å². The van der Waals surface area contributed by atoms with Crippen LogP contribution >= 0.6 is 0 Å². The van der Waals surface area contributed by atoms with E-state index >= 15 is 0 Å². The van der Waals surface area contributed by atoms with Gasteiger partial charge in [0.2, 0.25) is 0 Å². The Morgan fingerprint density at radius 2 is 1.85 bits per heavy atom.